The molecule has 0 fully saturated rings. The number of nitrogens with zero attached hydrogens (tertiary/aromatic N) is 2. The molecule has 0 spiro atoms. The molecule has 1 aliphatic rings. The lowest BCUT2D eigenvalue weighted by atomic mass is 9.74. The first-order valence-electron chi connectivity index (χ1n) is 6.43. The van der Waals surface area contributed by atoms with Crippen LogP contribution in [0.1, 0.15) is 37.6 Å². The van der Waals surface area contributed by atoms with Crippen LogP contribution in [0.5, 0.6) is 0 Å². The van der Waals surface area contributed by atoms with Crippen LogP contribution >= 0.6 is 0 Å². The summed E-state index contributed by atoms with van der Waals surface area (Å²) >= 11 is 0. The average molecular weight is 241 g/mol. The molecule has 0 saturated heterocycles. The van der Waals surface area contributed by atoms with Crippen molar-refractivity contribution < 1.29 is 0 Å². The van der Waals surface area contributed by atoms with Crippen LogP contribution in [-0.2, 0) is 6.42 Å². The number of aromatic nitrogens is 2. The molecule has 0 aromatic carbocycles. The van der Waals surface area contributed by atoms with Crippen LogP contribution in [0.3, 0.4) is 0 Å². The van der Waals surface area contributed by atoms with Crippen molar-refractivity contribution in [2.75, 3.05) is 0 Å². The first-order chi connectivity index (χ1) is 8.57. The fourth-order valence-corrected chi connectivity index (χ4v) is 2.97. The second-order valence-electron chi connectivity index (χ2n) is 5.95. The molecule has 0 bridgehead atoms. The Morgan fingerprint density at radius 2 is 2.22 bits per heavy atom. The SMILES string of the molecule is CC1(C)Cc2c(ccn2-c2cccnc2)C(N)C1. The molecule has 0 radical (unpaired) electrons. The maximum Gasteiger partial charge on any atom is 0.0636 e. The summed E-state index contributed by atoms with van der Waals surface area (Å²) in [5, 5.41) is 0. The molecule has 1 aliphatic carbocycles. The van der Waals surface area contributed by atoms with E-state index in [1.54, 1.807) is 6.20 Å². The van der Waals surface area contributed by atoms with E-state index in [0.29, 0.717) is 0 Å². The van der Waals surface area contributed by atoms with Crippen molar-refractivity contribution in [3.8, 4) is 5.69 Å². The summed E-state index contributed by atoms with van der Waals surface area (Å²) in [6.45, 7) is 4.58. The van der Waals surface area contributed by atoms with E-state index in [-0.39, 0.29) is 11.5 Å². The molecule has 3 rings (SSSR count). The van der Waals surface area contributed by atoms with E-state index in [2.05, 4.69) is 41.7 Å². The molecule has 18 heavy (non-hydrogen) atoms. The number of nitrogens with two attached hydrogens (primary N) is 1. The summed E-state index contributed by atoms with van der Waals surface area (Å²) in [5.41, 5.74) is 10.3. The highest BCUT2D eigenvalue weighted by Crippen LogP contribution is 2.40. The Balaban J connectivity index is 2.10. The van der Waals surface area contributed by atoms with Gasteiger partial charge in [0.05, 0.1) is 11.9 Å². The summed E-state index contributed by atoms with van der Waals surface area (Å²) in [6.07, 6.45) is 7.93. The van der Waals surface area contributed by atoms with E-state index in [4.69, 9.17) is 5.73 Å². The van der Waals surface area contributed by atoms with Gasteiger partial charge in [-0.05, 0) is 42.0 Å². The van der Waals surface area contributed by atoms with Crippen LogP contribution in [0, 0.1) is 5.41 Å². The molecule has 1 atom stereocenters. The van der Waals surface area contributed by atoms with Crippen molar-refractivity contribution >= 4 is 0 Å². The van der Waals surface area contributed by atoms with Crippen LogP contribution in [-0.4, -0.2) is 9.55 Å². The van der Waals surface area contributed by atoms with Gasteiger partial charge in [0.1, 0.15) is 0 Å². The number of hydrogen-bond donors (Lipinski definition) is 1. The van der Waals surface area contributed by atoms with E-state index in [1.807, 2.05) is 12.3 Å². The third kappa shape index (κ3) is 1.85. The normalized spacial score (nSPS) is 21.6. The van der Waals surface area contributed by atoms with Gasteiger partial charge in [-0.15, -0.1) is 0 Å². The molecule has 2 aromatic rings. The van der Waals surface area contributed by atoms with E-state index in [1.165, 1.54) is 11.3 Å². The summed E-state index contributed by atoms with van der Waals surface area (Å²) in [5.74, 6) is 0. The molecule has 0 saturated carbocycles. The van der Waals surface area contributed by atoms with Crippen LogP contribution < -0.4 is 5.73 Å². The fraction of sp³-hybridized carbons (Fsp3) is 0.400. The average Bonchev–Trinajstić information content (AvgIpc) is 2.72. The van der Waals surface area contributed by atoms with Crippen molar-refractivity contribution in [1.29, 1.82) is 0 Å². The predicted octanol–water partition coefficient (Wildman–Crippen LogP) is 2.84. The predicted molar refractivity (Wildman–Crippen MR) is 72.6 cm³/mol. The van der Waals surface area contributed by atoms with E-state index in [0.717, 1.165) is 18.5 Å². The van der Waals surface area contributed by atoms with Gasteiger partial charge in [-0.1, -0.05) is 13.8 Å². The Morgan fingerprint density at radius 3 is 2.94 bits per heavy atom. The summed E-state index contributed by atoms with van der Waals surface area (Å²) < 4.78 is 2.23. The Kier molecular flexibility index (Phi) is 2.52. The largest absolute Gasteiger partial charge is 0.324 e. The van der Waals surface area contributed by atoms with E-state index < -0.39 is 0 Å². The molecule has 1 unspecified atom stereocenters. The minimum atomic E-state index is 0.154. The van der Waals surface area contributed by atoms with Gasteiger partial charge in [0.25, 0.3) is 0 Å². The lowest BCUT2D eigenvalue weighted by Crippen LogP contribution is -2.30. The maximum atomic E-state index is 6.28. The summed E-state index contributed by atoms with van der Waals surface area (Å²) in [7, 11) is 0. The standard InChI is InChI=1S/C15H19N3/c1-15(2)8-13(16)12-5-7-18(14(12)9-15)11-4-3-6-17-10-11/h3-7,10,13H,8-9,16H2,1-2H3. The van der Waals surface area contributed by atoms with Crippen LogP contribution in [0.25, 0.3) is 5.69 Å². The molecule has 94 valence electrons. The number of rotatable bonds is 1. The third-order valence-electron chi connectivity index (χ3n) is 3.77. The fourth-order valence-electron chi connectivity index (χ4n) is 2.97. The Hall–Kier alpha value is -1.61. The zero-order valence-electron chi connectivity index (χ0n) is 10.9. The Morgan fingerprint density at radius 1 is 1.39 bits per heavy atom. The quantitative estimate of drug-likeness (QED) is 0.834. The van der Waals surface area contributed by atoms with Gasteiger partial charge >= 0.3 is 0 Å². The van der Waals surface area contributed by atoms with Crippen LogP contribution in [0.2, 0.25) is 0 Å². The molecule has 0 aliphatic heterocycles. The molecule has 3 heteroatoms. The lowest BCUT2D eigenvalue weighted by molar-refractivity contribution is 0.278. The highest BCUT2D eigenvalue weighted by molar-refractivity contribution is 5.39. The zero-order chi connectivity index (χ0) is 12.8. The summed E-state index contributed by atoms with van der Waals surface area (Å²) in [4.78, 5) is 4.19. The minimum absolute atomic E-state index is 0.154. The highest BCUT2D eigenvalue weighted by atomic mass is 15.0. The lowest BCUT2D eigenvalue weighted by Gasteiger charge is -2.34. The molecule has 2 heterocycles. The number of fused-ring (bicyclic) bond motifs is 1. The van der Waals surface area contributed by atoms with Crippen molar-refractivity contribution in [3.05, 3.63) is 48.0 Å². The second-order valence-corrected chi connectivity index (χ2v) is 5.95. The number of hydrogen-bond acceptors (Lipinski definition) is 2. The van der Waals surface area contributed by atoms with Gasteiger partial charge in [0, 0.05) is 24.1 Å². The number of pyridine rings is 1. The maximum absolute atomic E-state index is 6.28. The molecule has 2 N–H and O–H groups in total. The Bertz CT molecular complexity index is 554. The molecule has 0 amide bonds. The smallest absolute Gasteiger partial charge is 0.0636 e. The monoisotopic (exact) mass is 241 g/mol. The van der Waals surface area contributed by atoms with Gasteiger partial charge in [0.15, 0.2) is 0 Å². The van der Waals surface area contributed by atoms with Crippen molar-refractivity contribution in [2.24, 2.45) is 11.1 Å². The van der Waals surface area contributed by atoms with Crippen molar-refractivity contribution in [1.82, 2.24) is 9.55 Å². The third-order valence-corrected chi connectivity index (χ3v) is 3.77. The van der Waals surface area contributed by atoms with E-state index in [9.17, 15) is 0 Å². The first kappa shape index (κ1) is 11.5. The van der Waals surface area contributed by atoms with Crippen molar-refractivity contribution in [2.45, 2.75) is 32.7 Å². The second kappa shape index (κ2) is 3.95. The molecular formula is C15H19N3. The van der Waals surface area contributed by atoms with Gasteiger partial charge in [-0.3, -0.25) is 4.98 Å². The molecular weight excluding hydrogens is 222 g/mol. The van der Waals surface area contributed by atoms with Crippen LogP contribution in [0.4, 0.5) is 0 Å². The zero-order valence-corrected chi connectivity index (χ0v) is 10.9. The Labute approximate surface area is 108 Å². The van der Waals surface area contributed by atoms with Gasteiger partial charge < -0.3 is 10.3 Å². The minimum Gasteiger partial charge on any atom is -0.324 e. The molecule has 3 nitrogen and oxygen atoms in total. The highest BCUT2D eigenvalue weighted by Gasteiger charge is 2.32. The van der Waals surface area contributed by atoms with Gasteiger partial charge in [0.2, 0.25) is 0 Å². The first-order valence-corrected chi connectivity index (χ1v) is 6.43. The van der Waals surface area contributed by atoms with Crippen LogP contribution in [0.15, 0.2) is 36.8 Å². The van der Waals surface area contributed by atoms with Crippen molar-refractivity contribution in [3.63, 3.8) is 0 Å². The molecule has 2 aromatic heterocycles. The van der Waals surface area contributed by atoms with E-state index >= 15 is 0 Å². The van der Waals surface area contributed by atoms with Gasteiger partial charge in [-0.2, -0.15) is 0 Å². The summed E-state index contributed by atoms with van der Waals surface area (Å²) in [6, 6.07) is 6.36. The van der Waals surface area contributed by atoms with Gasteiger partial charge in [-0.25, -0.2) is 0 Å². The topological polar surface area (TPSA) is 43.8 Å².